The summed E-state index contributed by atoms with van der Waals surface area (Å²) in [4.78, 5) is 13.6. The van der Waals surface area contributed by atoms with Crippen LogP contribution >= 0.6 is 11.3 Å². The highest BCUT2D eigenvalue weighted by Gasteiger charge is 2.35. The van der Waals surface area contributed by atoms with Gasteiger partial charge in [0, 0.05) is 30.0 Å². The summed E-state index contributed by atoms with van der Waals surface area (Å²) < 4.78 is 32.3. The van der Waals surface area contributed by atoms with Gasteiger partial charge in [-0.15, -0.1) is 11.3 Å². The second kappa shape index (κ2) is 7.26. The SMILES string of the molecule is C=C(C)c1nc(-c2nc(C)cs2)nc(NC2CCC(F)(F)CC2)c1OC. The molecule has 1 fully saturated rings. The maximum absolute atomic E-state index is 13.4. The zero-order valence-electron chi connectivity index (χ0n) is 15.1. The van der Waals surface area contributed by atoms with Crippen LogP contribution in [0.3, 0.4) is 0 Å². The monoisotopic (exact) mass is 380 g/mol. The third-order valence-corrected chi connectivity index (χ3v) is 5.30. The van der Waals surface area contributed by atoms with E-state index >= 15 is 0 Å². The molecule has 0 atom stereocenters. The van der Waals surface area contributed by atoms with Gasteiger partial charge in [-0.25, -0.2) is 23.7 Å². The van der Waals surface area contributed by atoms with Gasteiger partial charge in [-0.3, -0.25) is 0 Å². The van der Waals surface area contributed by atoms with E-state index in [0.29, 0.717) is 40.9 Å². The van der Waals surface area contributed by atoms with Crippen molar-refractivity contribution in [2.75, 3.05) is 12.4 Å². The molecule has 2 aromatic rings. The second-order valence-corrected chi connectivity index (χ2v) is 7.48. The first-order valence-corrected chi connectivity index (χ1v) is 9.36. The van der Waals surface area contributed by atoms with E-state index in [9.17, 15) is 8.78 Å². The number of rotatable bonds is 5. The van der Waals surface area contributed by atoms with Gasteiger partial charge in [-0.1, -0.05) is 6.58 Å². The maximum Gasteiger partial charge on any atom is 0.248 e. The second-order valence-electron chi connectivity index (χ2n) is 6.63. The molecule has 0 spiro atoms. The molecule has 8 heteroatoms. The lowest BCUT2D eigenvalue weighted by atomic mass is 9.92. The fourth-order valence-corrected chi connectivity index (χ4v) is 3.69. The molecule has 1 aliphatic rings. The van der Waals surface area contributed by atoms with Crippen LogP contribution in [0.5, 0.6) is 5.75 Å². The molecule has 0 aromatic carbocycles. The van der Waals surface area contributed by atoms with E-state index in [2.05, 4.69) is 26.8 Å². The average Bonchev–Trinajstić information content (AvgIpc) is 3.02. The van der Waals surface area contributed by atoms with E-state index < -0.39 is 5.92 Å². The molecule has 0 unspecified atom stereocenters. The standard InChI is InChI=1S/C18H22F2N4OS/c1-10(2)13-14(25-4)15(22-12-5-7-18(19,20)8-6-12)24-16(23-13)17-21-11(3)9-26-17/h9,12H,1,5-8H2,2-4H3,(H,22,23,24). The smallest absolute Gasteiger partial charge is 0.248 e. The van der Waals surface area contributed by atoms with E-state index in [1.165, 1.54) is 11.3 Å². The van der Waals surface area contributed by atoms with Gasteiger partial charge in [0.25, 0.3) is 0 Å². The molecule has 0 saturated heterocycles. The summed E-state index contributed by atoms with van der Waals surface area (Å²) in [6.45, 7) is 7.71. The van der Waals surface area contributed by atoms with Gasteiger partial charge in [-0.05, 0) is 32.3 Å². The van der Waals surface area contributed by atoms with E-state index in [-0.39, 0.29) is 18.9 Å². The van der Waals surface area contributed by atoms with Crippen LogP contribution in [0.4, 0.5) is 14.6 Å². The number of methoxy groups -OCH3 is 1. The van der Waals surface area contributed by atoms with Gasteiger partial charge < -0.3 is 10.1 Å². The normalized spacial score (nSPS) is 17.1. The molecular formula is C18H22F2N4OS. The highest BCUT2D eigenvalue weighted by Crippen LogP contribution is 2.37. The molecule has 1 aliphatic carbocycles. The summed E-state index contributed by atoms with van der Waals surface area (Å²) in [7, 11) is 1.54. The van der Waals surface area contributed by atoms with Crippen LogP contribution < -0.4 is 10.1 Å². The van der Waals surface area contributed by atoms with Gasteiger partial charge in [-0.2, -0.15) is 0 Å². The van der Waals surface area contributed by atoms with E-state index in [0.717, 1.165) is 11.3 Å². The molecule has 1 saturated carbocycles. The molecule has 3 rings (SSSR count). The fourth-order valence-electron chi connectivity index (χ4n) is 2.96. The predicted molar refractivity (Wildman–Crippen MR) is 100.0 cm³/mol. The van der Waals surface area contributed by atoms with Crippen molar-refractivity contribution < 1.29 is 13.5 Å². The quantitative estimate of drug-likeness (QED) is 0.796. The first-order valence-electron chi connectivity index (χ1n) is 8.48. The summed E-state index contributed by atoms with van der Waals surface area (Å²) in [6, 6.07) is -0.0812. The molecule has 2 aromatic heterocycles. The molecule has 0 aliphatic heterocycles. The molecular weight excluding hydrogens is 358 g/mol. The molecule has 0 bridgehead atoms. The summed E-state index contributed by atoms with van der Waals surface area (Å²) in [5.74, 6) is -1.11. The number of hydrogen-bond acceptors (Lipinski definition) is 6. The highest BCUT2D eigenvalue weighted by atomic mass is 32.1. The Morgan fingerprint density at radius 3 is 2.54 bits per heavy atom. The van der Waals surface area contributed by atoms with E-state index in [1.807, 2.05) is 19.2 Å². The van der Waals surface area contributed by atoms with Crippen LogP contribution in [0.1, 0.15) is 44.0 Å². The Balaban J connectivity index is 1.96. The highest BCUT2D eigenvalue weighted by molar-refractivity contribution is 7.13. The fraction of sp³-hybridized carbons (Fsp3) is 0.500. The number of nitrogens with zero attached hydrogens (tertiary/aromatic N) is 3. The number of aryl methyl sites for hydroxylation is 1. The molecule has 0 radical (unpaired) electrons. The Morgan fingerprint density at radius 2 is 2.00 bits per heavy atom. The Kier molecular flexibility index (Phi) is 5.22. The van der Waals surface area contributed by atoms with Crippen molar-refractivity contribution in [1.29, 1.82) is 0 Å². The third kappa shape index (κ3) is 4.00. The number of allylic oxidation sites excluding steroid dienone is 1. The number of nitrogens with one attached hydrogen (secondary N) is 1. The van der Waals surface area contributed by atoms with Crippen molar-refractivity contribution in [3.63, 3.8) is 0 Å². The summed E-state index contributed by atoms with van der Waals surface area (Å²) >= 11 is 1.46. The third-order valence-electron chi connectivity index (χ3n) is 4.34. The summed E-state index contributed by atoms with van der Waals surface area (Å²) in [5.41, 5.74) is 2.22. The van der Waals surface area contributed by atoms with Crippen molar-refractivity contribution in [2.45, 2.75) is 51.5 Å². The average molecular weight is 380 g/mol. The Labute approximate surface area is 155 Å². The van der Waals surface area contributed by atoms with Crippen LogP contribution in [-0.4, -0.2) is 34.0 Å². The number of anilines is 1. The zero-order valence-corrected chi connectivity index (χ0v) is 15.9. The molecule has 140 valence electrons. The lowest BCUT2D eigenvalue weighted by molar-refractivity contribution is -0.0361. The first-order chi connectivity index (χ1) is 12.3. The number of hydrogen-bond donors (Lipinski definition) is 1. The molecule has 5 nitrogen and oxygen atoms in total. The van der Waals surface area contributed by atoms with Gasteiger partial charge in [0.15, 0.2) is 22.4 Å². The minimum Gasteiger partial charge on any atom is -0.491 e. The minimum atomic E-state index is -2.57. The van der Waals surface area contributed by atoms with Crippen molar-refractivity contribution in [3.05, 3.63) is 23.3 Å². The topological polar surface area (TPSA) is 59.9 Å². The number of ether oxygens (including phenoxy) is 1. The van der Waals surface area contributed by atoms with Crippen LogP contribution in [-0.2, 0) is 0 Å². The van der Waals surface area contributed by atoms with Crippen molar-refractivity contribution in [1.82, 2.24) is 15.0 Å². The number of aromatic nitrogens is 3. The predicted octanol–water partition coefficient (Wildman–Crippen LogP) is 4.94. The van der Waals surface area contributed by atoms with Gasteiger partial charge >= 0.3 is 0 Å². The van der Waals surface area contributed by atoms with Gasteiger partial charge in [0.05, 0.1) is 7.11 Å². The van der Waals surface area contributed by atoms with Crippen LogP contribution in [0.25, 0.3) is 16.4 Å². The first kappa shape index (κ1) is 18.7. The number of alkyl halides is 2. The number of thiazole rings is 1. The van der Waals surface area contributed by atoms with E-state index in [4.69, 9.17) is 4.74 Å². The lowest BCUT2D eigenvalue weighted by Crippen LogP contribution is -2.32. The van der Waals surface area contributed by atoms with Crippen molar-refractivity contribution >= 4 is 22.7 Å². The summed E-state index contributed by atoms with van der Waals surface area (Å²) in [6.07, 6.45) is 0.524. The molecule has 0 amide bonds. The van der Waals surface area contributed by atoms with Gasteiger partial charge in [0.2, 0.25) is 5.92 Å². The van der Waals surface area contributed by atoms with Crippen molar-refractivity contribution in [2.24, 2.45) is 0 Å². The van der Waals surface area contributed by atoms with E-state index in [1.54, 1.807) is 7.11 Å². The molecule has 1 N–H and O–H groups in total. The molecule has 26 heavy (non-hydrogen) atoms. The lowest BCUT2D eigenvalue weighted by Gasteiger charge is -2.29. The maximum atomic E-state index is 13.4. The number of halogens is 2. The minimum absolute atomic E-state index is 0.0812. The Bertz CT molecular complexity index is 812. The van der Waals surface area contributed by atoms with Crippen LogP contribution in [0.2, 0.25) is 0 Å². The largest absolute Gasteiger partial charge is 0.491 e. The Morgan fingerprint density at radius 1 is 1.31 bits per heavy atom. The summed E-state index contributed by atoms with van der Waals surface area (Å²) in [5, 5.41) is 5.91. The molecule has 2 heterocycles. The van der Waals surface area contributed by atoms with Gasteiger partial charge in [0.1, 0.15) is 5.69 Å². The van der Waals surface area contributed by atoms with Crippen LogP contribution in [0.15, 0.2) is 12.0 Å². The Hall–Kier alpha value is -2.09. The van der Waals surface area contributed by atoms with Crippen molar-refractivity contribution in [3.8, 4) is 16.6 Å². The van der Waals surface area contributed by atoms with Crippen LogP contribution in [0, 0.1) is 6.92 Å². The zero-order chi connectivity index (χ0) is 18.9.